The molecule has 0 bridgehead atoms. The summed E-state index contributed by atoms with van der Waals surface area (Å²) in [5.74, 6) is -0.0978. The van der Waals surface area contributed by atoms with Gasteiger partial charge < -0.3 is 0 Å². The van der Waals surface area contributed by atoms with Gasteiger partial charge >= 0.3 is 0 Å². The molecule has 0 aliphatic carbocycles. The summed E-state index contributed by atoms with van der Waals surface area (Å²) in [6.07, 6.45) is 0.619. The molecular formula is C14H17NO3S. The maximum absolute atomic E-state index is 11.1. The van der Waals surface area contributed by atoms with Crippen molar-refractivity contribution in [2.45, 2.75) is 25.9 Å². The van der Waals surface area contributed by atoms with Crippen LogP contribution in [0, 0.1) is 0 Å². The molecule has 0 radical (unpaired) electrons. The van der Waals surface area contributed by atoms with Crippen LogP contribution in [0.3, 0.4) is 0 Å². The molecule has 19 heavy (non-hydrogen) atoms. The van der Waals surface area contributed by atoms with E-state index < -0.39 is 16.2 Å². The van der Waals surface area contributed by atoms with Gasteiger partial charge in [-0.3, -0.25) is 9.17 Å². The van der Waals surface area contributed by atoms with Gasteiger partial charge in [0.05, 0.1) is 17.9 Å². The van der Waals surface area contributed by atoms with E-state index in [4.69, 9.17) is 4.18 Å². The molecule has 102 valence electrons. The third-order valence-corrected chi connectivity index (χ3v) is 3.77. The second-order valence-corrected chi connectivity index (χ2v) is 6.32. The number of fused-ring (bicyclic) bond motifs is 1. The highest BCUT2D eigenvalue weighted by molar-refractivity contribution is 7.86. The van der Waals surface area contributed by atoms with Crippen molar-refractivity contribution in [3.05, 3.63) is 42.1 Å². The van der Waals surface area contributed by atoms with Crippen molar-refractivity contribution in [1.29, 1.82) is 0 Å². The first kappa shape index (κ1) is 14.0. The zero-order valence-electron chi connectivity index (χ0n) is 11.2. The molecule has 2 atom stereocenters. The predicted octanol–water partition coefficient (Wildman–Crippen LogP) is 2.70. The van der Waals surface area contributed by atoms with Crippen molar-refractivity contribution < 1.29 is 12.6 Å². The molecule has 0 saturated heterocycles. The van der Waals surface area contributed by atoms with E-state index in [1.807, 2.05) is 43.3 Å². The second-order valence-electron chi connectivity index (χ2n) is 4.72. The van der Waals surface area contributed by atoms with E-state index in [1.165, 1.54) is 0 Å². The van der Waals surface area contributed by atoms with Crippen LogP contribution in [-0.2, 0) is 14.3 Å². The fraction of sp³-hybridized carbons (Fsp3) is 0.357. The molecule has 0 spiro atoms. The lowest BCUT2D eigenvalue weighted by molar-refractivity contribution is 0.203. The Labute approximate surface area is 113 Å². The van der Waals surface area contributed by atoms with Gasteiger partial charge in [0.25, 0.3) is 10.1 Å². The highest BCUT2D eigenvalue weighted by atomic mass is 32.2. The van der Waals surface area contributed by atoms with Crippen molar-refractivity contribution in [2.75, 3.05) is 6.26 Å². The molecule has 0 amide bonds. The van der Waals surface area contributed by atoms with Crippen molar-refractivity contribution in [1.82, 2.24) is 4.98 Å². The number of hydrogen-bond donors (Lipinski definition) is 0. The van der Waals surface area contributed by atoms with Gasteiger partial charge in [0, 0.05) is 17.0 Å². The van der Waals surface area contributed by atoms with Gasteiger partial charge in [-0.1, -0.05) is 31.2 Å². The molecule has 1 heterocycles. The molecule has 0 saturated carbocycles. The summed E-state index contributed by atoms with van der Waals surface area (Å²) in [4.78, 5) is 4.55. The van der Waals surface area contributed by atoms with Crippen LogP contribution >= 0.6 is 0 Å². The summed E-state index contributed by atoms with van der Waals surface area (Å²) >= 11 is 0. The van der Waals surface area contributed by atoms with E-state index in [-0.39, 0.29) is 5.92 Å². The van der Waals surface area contributed by atoms with Crippen molar-refractivity contribution in [3.63, 3.8) is 0 Å². The molecule has 4 nitrogen and oxygen atoms in total. The number of aromatic nitrogens is 1. The molecule has 5 heteroatoms. The molecule has 0 unspecified atom stereocenters. The number of rotatable bonds is 4. The van der Waals surface area contributed by atoms with Crippen molar-refractivity contribution in [3.8, 4) is 0 Å². The van der Waals surface area contributed by atoms with E-state index >= 15 is 0 Å². The Hall–Kier alpha value is -1.46. The first-order chi connectivity index (χ1) is 8.87. The van der Waals surface area contributed by atoms with Crippen LogP contribution in [0.4, 0.5) is 0 Å². The summed E-state index contributed by atoms with van der Waals surface area (Å²) in [5, 5.41) is 1.06. The quantitative estimate of drug-likeness (QED) is 0.807. The van der Waals surface area contributed by atoms with E-state index in [2.05, 4.69) is 4.98 Å². The Balaban J connectivity index is 2.28. The monoisotopic (exact) mass is 279 g/mol. The fourth-order valence-electron chi connectivity index (χ4n) is 1.93. The van der Waals surface area contributed by atoms with Crippen LogP contribution in [0.25, 0.3) is 10.9 Å². The van der Waals surface area contributed by atoms with Gasteiger partial charge in [0.2, 0.25) is 0 Å². The van der Waals surface area contributed by atoms with Gasteiger partial charge in [-0.05, 0) is 19.1 Å². The summed E-state index contributed by atoms with van der Waals surface area (Å²) in [7, 11) is -3.45. The number of pyridine rings is 1. The molecular weight excluding hydrogens is 262 g/mol. The van der Waals surface area contributed by atoms with Crippen LogP contribution in [0.1, 0.15) is 25.5 Å². The van der Waals surface area contributed by atoms with Crippen LogP contribution in [0.2, 0.25) is 0 Å². The Bertz CT molecular complexity index is 682. The average molecular weight is 279 g/mol. The third-order valence-electron chi connectivity index (χ3n) is 3.12. The number of nitrogens with zero attached hydrogens (tertiary/aromatic N) is 1. The van der Waals surface area contributed by atoms with Crippen LogP contribution in [0.15, 0.2) is 36.4 Å². The zero-order valence-corrected chi connectivity index (χ0v) is 12.0. The smallest absolute Gasteiger partial charge is 0.264 e. The predicted molar refractivity (Wildman–Crippen MR) is 75.5 cm³/mol. The van der Waals surface area contributed by atoms with Crippen LogP contribution in [-0.4, -0.2) is 25.8 Å². The molecule has 2 rings (SSSR count). The van der Waals surface area contributed by atoms with Gasteiger partial charge in [-0.25, -0.2) is 0 Å². The van der Waals surface area contributed by atoms with Gasteiger partial charge in [0.15, 0.2) is 0 Å². The summed E-state index contributed by atoms with van der Waals surface area (Å²) in [6, 6.07) is 11.7. The van der Waals surface area contributed by atoms with E-state index in [1.54, 1.807) is 6.92 Å². The maximum atomic E-state index is 11.1. The summed E-state index contributed by atoms with van der Waals surface area (Å²) < 4.78 is 27.3. The Morgan fingerprint density at radius 2 is 1.79 bits per heavy atom. The Morgan fingerprint density at radius 3 is 2.47 bits per heavy atom. The molecule has 1 aromatic heterocycles. The SMILES string of the molecule is C[C@H](c1ccc2ccccc2n1)[C@@H](C)OS(C)(=O)=O. The fourth-order valence-corrected chi connectivity index (χ4v) is 2.65. The molecule has 2 aromatic rings. The van der Waals surface area contributed by atoms with Crippen LogP contribution < -0.4 is 0 Å². The van der Waals surface area contributed by atoms with Crippen LogP contribution in [0.5, 0.6) is 0 Å². The molecule has 1 aromatic carbocycles. The molecule has 0 fully saturated rings. The van der Waals surface area contributed by atoms with E-state index in [0.29, 0.717) is 0 Å². The van der Waals surface area contributed by atoms with Gasteiger partial charge in [0.1, 0.15) is 0 Å². The van der Waals surface area contributed by atoms with Gasteiger partial charge in [-0.2, -0.15) is 8.42 Å². The third kappa shape index (κ3) is 3.52. The lowest BCUT2D eigenvalue weighted by atomic mass is 10.0. The minimum absolute atomic E-state index is 0.0978. The molecule has 0 aliphatic heterocycles. The summed E-state index contributed by atoms with van der Waals surface area (Å²) in [5.41, 5.74) is 1.73. The minimum Gasteiger partial charge on any atom is -0.267 e. The first-order valence-corrected chi connectivity index (χ1v) is 7.92. The maximum Gasteiger partial charge on any atom is 0.264 e. The lowest BCUT2D eigenvalue weighted by Gasteiger charge is -2.18. The van der Waals surface area contributed by atoms with Crippen molar-refractivity contribution in [2.24, 2.45) is 0 Å². The zero-order chi connectivity index (χ0) is 14.0. The largest absolute Gasteiger partial charge is 0.267 e. The minimum atomic E-state index is -3.45. The Kier molecular flexibility index (Phi) is 3.87. The van der Waals surface area contributed by atoms with Gasteiger partial charge in [-0.15, -0.1) is 0 Å². The van der Waals surface area contributed by atoms with E-state index in [0.717, 1.165) is 22.9 Å². The van der Waals surface area contributed by atoms with Crippen molar-refractivity contribution >= 4 is 21.0 Å². The second kappa shape index (κ2) is 5.27. The summed E-state index contributed by atoms with van der Waals surface area (Å²) in [6.45, 7) is 3.65. The number of para-hydroxylation sites is 1. The molecule has 0 aliphatic rings. The first-order valence-electron chi connectivity index (χ1n) is 6.11. The number of hydrogen-bond acceptors (Lipinski definition) is 4. The number of benzene rings is 1. The average Bonchev–Trinajstić information content (AvgIpc) is 2.35. The van der Waals surface area contributed by atoms with E-state index in [9.17, 15) is 8.42 Å². The lowest BCUT2D eigenvalue weighted by Crippen LogP contribution is -2.21. The highest BCUT2D eigenvalue weighted by Crippen LogP contribution is 2.23. The normalized spacial score (nSPS) is 15.3. The highest BCUT2D eigenvalue weighted by Gasteiger charge is 2.20. The molecule has 0 N–H and O–H groups in total. The Morgan fingerprint density at radius 1 is 1.11 bits per heavy atom. The topological polar surface area (TPSA) is 56.3 Å². The standard InChI is InChI=1S/C14H17NO3S/c1-10(11(2)18-19(3,16)17)13-9-8-12-6-4-5-7-14(12)15-13/h4-11H,1-3H3/t10-,11+/m0/s1.